The van der Waals surface area contributed by atoms with Crippen molar-refractivity contribution < 1.29 is 13.2 Å². The van der Waals surface area contributed by atoms with E-state index in [1.54, 1.807) is 0 Å². The molecule has 0 aliphatic rings. The minimum atomic E-state index is -3.03. The molecule has 0 unspecified atom stereocenters. The van der Waals surface area contributed by atoms with Gasteiger partial charge >= 0.3 is 6.03 Å². The number of carbonyl (C=O) groups is 1. The maximum atomic E-state index is 11.3. The predicted octanol–water partition coefficient (Wildman–Crippen LogP) is 0.573. The number of benzene rings is 1. The van der Waals surface area contributed by atoms with Crippen LogP contribution in [0.3, 0.4) is 0 Å². The zero-order valence-electron chi connectivity index (χ0n) is 10.3. The van der Waals surface area contributed by atoms with Gasteiger partial charge in [0, 0.05) is 19.3 Å². The number of nitrogens with one attached hydrogen (secondary N) is 2. The fraction of sp³-hybridized carbons (Fsp3) is 0.417. The van der Waals surface area contributed by atoms with Crippen LogP contribution in [0.2, 0.25) is 0 Å². The van der Waals surface area contributed by atoms with Gasteiger partial charge in [0.1, 0.15) is 9.84 Å². The van der Waals surface area contributed by atoms with Gasteiger partial charge in [0.15, 0.2) is 0 Å². The van der Waals surface area contributed by atoms with Crippen molar-refractivity contribution in [1.82, 2.24) is 10.6 Å². The summed E-state index contributed by atoms with van der Waals surface area (Å²) in [5, 5.41) is 5.17. The van der Waals surface area contributed by atoms with Gasteiger partial charge in [-0.05, 0) is 12.0 Å². The van der Waals surface area contributed by atoms with Crippen LogP contribution in [0.15, 0.2) is 30.3 Å². The maximum absolute atomic E-state index is 11.3. The zero-order valence-corrected chi connectivity index (χ0v) is 11.2. The fourth-order valence-electron chi connectivity index (χ4n) is 1.38. The van der Waals surface area contributed by atoms with E-state index in [0.717, 1.165) is 18.2 Å². The van der Waals surface area contributed by atoms with Crippen molar-refractivity contribution in [3.63, 3.8) is 0 Å². The van der Waals surface area contributed by atoms with Crippen molar-refractivity contribution in [3.05, 3.63) is 35.9 Å². The van der Waals surface area contributed by atoms with Crippen LogP contribution in [0.5, 0.6) is 0 Å². The monoisotopic (exact) mass is 270 g/mol. The van der Waals surface area contributed by atoms with Gasteiger partial charge in [-0.25, -0.2) is 13.2 Å². The van der Waals surface area contributed by atoms with E-state index in [4.69, 9.17) is 0 Å². The molecule has 0 aliphatic heterocycles. The lowest BCUT2D eigenvalue weighted by atomic mass is 10.1. The molecule has 5 nitrogen and oxygen atoms in total. The highest BCUT2D eigenvalue weighted by Gasteiger charge is 2.03. The van der Waals surface area contributed by atoms with E-state index in [2.05, 4.69) is 10.6 Å². The second-order valence-corrected chi connectivity index (χ2v) is 6.31. The molecule has 0 saturated carbocycles. The molecule has 0 aromatic heterocycles. The van der Waals surface area contributed by atoms with Gasteiger partial charge < -0.3 is 10.6 Å². The van der Waals surface area contributed by atoms with Gasteiger partial charge in [-0.15, -0.1) is 0 Å². The van der Waals surface area contributed by atoms with Crippen molar-refractivity contribution in [1.29, 1.82) is 0 Å². The van der Waals surface area contributed by atoms with E-state index in [9.17, 15) is 13.2 Å². The average molecular weight is 270 g/mol. The van der Waals surface area contributed by atoms with Crippen molar-refractivity contribution in [2.45, 2.75) is 6.42 Å². The first-order valence-electron chi connectivity index (χ1n) is 5.71. The Balaban J connectivity index is 2.14. The fourth-order valence-corrected chi connectivity index (χ4v) is 1.85. The first kappa shape index (κ1) is 14.5. The quantitative estimate of drug-likeness (QED) is 0.793. The van der Waals surface area contributed by atoms with E-state index < -0.39 is 9.84 Å². The van der Waals surface area contributed by atoms with E-state index >= 15 is 0 Å². The summed E-state index contributed by atoms with van der Waals surface area (Å²) in [7, 11) is -3.03. The Kier molecular flexibility index (Phi) is 5.64. The lowest BCUT2D eigenvalue weighted by Gasteiger charge is -2.07. The summed E-state index contributed by atoms with van der Waals surface area (Å²) >= 11 is 0. The van der Waals surface area contributed by atoms with Crippen LogP contribution in [-0.4, -0.2) is 39.5 Å². The van der Waals surface area contributed by atoms with Gasteiger partial charge in [0.05, 0.1) is 5.75 Å². The number of hydrogen-bond acceptors (Lipinski definition) is 3. The van der Waals surface area contributed by atoms with Gasteiger partial charge in [0.25, 0.3) is 0 Å². The number of carbonyl (C=O) groups excluding carboxylic acids is 1. The maximum Gasteiger partial charge on any atom is 0.314 e. The number of sulfone groups is 1. The van der Waals surface area contributed by atoms with Crippen molar-refractivity contribution in [2.24, 2.45) is 0 Å². The van der Waals surface area contributed by atoms with Gasteiger partial charge in [-0.2, -0.15) is 0 Å². The van der Waals surface area contributed by atoms with Crippen LogP contribution < -0.4 is 10.6 Å². The lowest BCUT2D eigenvalue weighted by Crippen LogP contribution is -2.38. The van der Waals surface area contributed by atoms with E-state index in [1.807, 2.05) is 30.3 Å². The summed E-state index contributed by atoms with van der Waals surface area (Å²) in [6.07, 6.45) is 1.89. The molecule has 1 aromatic carbocycles. The molecule has 1 aromatic rings. The number of urea groups is 1. The molecule has 6 heteroatoms. The molecule has 100 valence electrons. The summed E-state index contributed by atoms with van der Waals surface area (Å²) in [6.45, 7) is 0.657. The molecule has 1 rings (SSSR count). The zero-order chi connectivity index (χ0) is 13.4. The normalized spacial score (nSPS) is 10.9. The molecule has 0 bridgehead atoms. The summed E-state index contributed by atoms with van der Waals surface area (Å²) in [4.78, 5) is 11.3. The second kappa shape index (κ2) is 7.00. The molecule has 0 atom stereocenters. The van der Waals surface area contributed by atoms with Crippen molar-refractivity contribution in [2.75, 3.05) is 25.1 Å². The van der Waals surface area contributed by atoms with E-state index in [-0.39, 0.29) is 18.3 Å². The van der Waals surface area contributed by atoms with Gasteiger partial charge in [-0.1, -0.05) is 30.3 Å². The highest BCUT2D eigenvalue weighted by molar-refractivity contribution is 7.90. The third kappa shape index (κ3) is 6.90. The third-order valence-corrected chi connectivity index (χ3v) is 3.25. The summed E-state index contributed by atoms with van der Waals surface area (Å²) in [6, 6.07) is 9.47. The second-order valence-electron chi connectivity index (χ2n) is 4.05. The van der Waals surface area contributed by atoms with Crippen LogP contribution in [-0.2, 0) is 16.3 Å². The Morgan fingerprint density at radius 3 is 2.33 bits per heavy atom. The molecule has 18 heavy (non-hydrogen) atoms. The van der Waals surface area contributed by atoms with Gasteiger partial charge in [0.2, 0.25) is 0 Å². The molecule has 2 N–H and O–H groups in total. The topological polar surface area (TPSA) is 75.3 Å². The van der Waals surface area contributed by atoms with Crippen LogP contribution >= 0.6 is 0 Å². The molecule has 2 amide bonds. The molecule has 0 saturated heterocycles. The Morgan fingerprint density at radius 1 is 1.11 bits per heavy atom. The van der Waals surface area contributed by atoms with E-state index in [0.29, 0.717) is 6.54 Å². The summed E-state index contributed by atoms with van der Waals surface area (Å²) in [5.41, 5.74) is 1.15. The smallest absolute Gasteiger partial charge is 0.314 e. The largest absolute Gasteiger partial charge is 0.338 e. The summed E-state index contributed by atoms with van der Waals surface area (Å²) < 4.78 is 21.7. The van der Waals surface area contributed by atoms with Crippen LogP contribution in [0, 0.1) is 0 Å². The molecule has 0 spiro atoms. The lowest BCUT2D eigenvalue weighted by molar-refractivity contribution is 0.241. The van der Waals surface area contributed by atoms with Gasteiger partial charge in [-0.3, -0.25) is 0 Å². The summed E-state index contributed by atoms with van der Waals surface area (Å²) in [5.74, 6) is -0.0426. The van der Waals surface area contributed by atoms with Crippen LogP contribution in [0.1, 0.15) is 5.56 Å². The van der Waals surface area contributed by atoms with E-state index in [1.165, 1.54) is 0 Å². The predicted molar refractivity (Wildman–Crippen MR) is 71.3 cm³/mol. The third-order valence-electron chi connectivity index (χ3n) is 2.30. The molecular weight excluding hydrogens is 252 g/mol. The number of hydrogen-bond donors (Lipinski definition) is 2. The Bertz CT molecular complexity index is 471. The highest BCUT2D eigenvalue weighted by Crippen LogP contribution is 1.97. The Labute approximate surface area is 108 Å². The number of amides is 2. The first-order valence-corrected chi connectivity index (χ1v) is 7.77. The molecule has 0 aliphatic carbocycles. The SMILES string of the molecule is CS(=O)(=O)CCNC(=O)NCCc1ccccc1. The van der Waals surface area contributed by atoms with Crippen molar-refractivity contribution >= 4 is 15.9 Å². The Morgan fingerprint density at radius 2 is 1.72 bits per heavy atom. The van der Waals surface area contributed by atoms with Crippen LogP contribution in [0.25, 0.3) is 0 Å². The standard InChI is InChI=1S/C12H18N2O3S/c1-18(16,17)10-9-14-12(15)13-8-7-11-5-3-2-4-6-11/h2-6H,7-10H2,1H3,(H2,13,14,15). The average Bonchev–Trinajstić information content (AvgIpc) is 2.28. The van der Waals surface area contributed by atoms with Crippen molar-refractivity contribution in [3.8, 4) is 0 Å². The highest BCUT2D eigenvalue weighted by atomic mass is 32.2. The first-order chi connectivity index (χ1) is 8.47. The molecule has 0 heterocycles. The minimum absolute atomic E-state index is 0.0426. The van der Waals surface area contributed by atoms with Crippen LogP contribution in [0.4, 0.5) is 4.79 Å². The molecular formula is C12H18N2O3S. The number of rotatable bonds is 6. The Hall–Kier alpha value is -1.56. The minimum Gasteiger partial charge on any atom is -0.338 e. The molecule has 0 fully saturated rings. The molecule has 0 radical (unpaired) electrons.